The van der Waals surface area contributed by atoms with Crippen molar-refractivity contribution in [3.63, 3.8) is 0 Å². The molecule has 1 atom stereocenters. The molecule has 0 aromatic carbocycles. The molecule has 0 aliphatic rings. The van der Waals surface area contributed by atoms with Gasteiger partial charge < -0.3 is 10.2 Å². The van der Waals surface area contributed by atoms with Gasteiger partial charge in [0.1, 0.15) is 0 Å². The number of hydrogen-bond acceptors (Lipinski definition) is 2. The lowest BCUT2D eigenvalue weighted by atomic mass is 10.1. The van der Waals surface area contributed by atoms with Gasteiger partial charge in [-0.05, 0) is 47.2 Å². The molecule has 0 amide bonds. The summed E-state index contributed by atoms with van der Waals surface area (Å²) < 4.78 is 0. The largest absolute Gasteiger partial charge is 0.315 e. The molecule has 0 saturated heterocycles. The monoisotopic (exact) mass is 200 g/mol. The van der Waals surface area contributed by atoms with Crippen LogP contribution in [0.2, 0.25) is 0 Å². The van der Waals surface area contributed by atoms with E-state index >= 15 is 0 Å². The standard InChI is InChI=1S/C12H28N2/c1-10(2)13-9-7-8-12(5)14(6)11(3)4/h10-13H,7-9H2,1-6H3. The van der Waals surface area contributed by atoms with Gasteiger partial charge >= 0.3 is 0 Å². The zero-order valence-corrected chi connectivity index (χ0v) is 10.8. The minimum atomic E-state index is 0.619. The molecule has 14 heavy (non-hydrogen) atoms. The average molecular weight is 200 g/mol. The summed E-state index contributed by atoms with van der Waals surface area (Å²) >= 11 is 0. The van der Waals surface area contributed by atoms with Gasteiger partial charge in [-0.3, -0.25) is 0 Å². The van der Waals surface area contributed by atoms with Crippen LogP contribution in [0.1, 0.15) is 47.5 Å². The van der Waals surface area contributed by atoms with Crippen LogP contribution in [0, 0.1) is 0 Å². The van der Waals surface area contributed by atoms with Crippen LogP contribution in [0.25, 0.3) is 0 Å². The molecule has 0 aliphatic heterocycles. The van der Waals surface area contributed by atoms with E-state index in [2.05, 4.69) is 51.9 Å². The minimum Gasteiger partial charge on any atom is -0.315 e. The summed E-state index contributed by atoms with van der Waals surface area (Å²) in [6.07, 6.45) is 2.56. The van der Waals surface area contributed by atoms with Gasteiger partial charge in [-0.25, -0.2) is 0 Å². The number of rotatable bonds is 7. The first-order valence-corrected chi connectivity index (χ1v) is 5.90. The maximum atomic E-state index is 3.45. The van der Waals surface area contributed by atoms with Crippen molar-refractivity contribution in [2.24, 2.45) is 0 Å². The second-order valence-electron chi connectivity index (χ2n) is 4.86. The molecule has 86 valence electrons. The van der Waals surface area contributed by atoms with E-state index in [1.807, 2.05) is 0 Å². The third kappa shape index (κ3) is 6.39. The predicted octanol–water partition coefficient (Wildman–Crippen LogP) is 2.49. The van der Waals surface area contributed by atoms with Crippen LogP contribution in [0.15, 0.2) is 0 Å². The summed E-state index contributed by atoms with van der Waals surface area (Å²) in [7, 11) is 2.21. The molecule has 1 unspecified atom stereocenters. The fourth-order valence-electron chi connectivity index (χ4n) is 1.50. The first kappa shape index (κ1) is 13.9. The maximum Gasteiger partial charge on any atom is 0.00670 e. The third-order valence-electron chi connectivity index (χ3n) is 2.86. The second kappa shape index (κ2) is 7.24. The van der Waals surface area contributed by atoms with Crippen molar-refractivity contribution in [2.45, 2.75) is 65.6 Å². The van der Waals surface area contributed by atoms with E-state index in [0.717, 1.165) is 6.54 Å². The van der Waals surface area contributed by atoms with E-state index in [4.69, 9.17) is 0 Å². The van der Waals surface area contributed by atoms with Crippen LogP contribution in [-0.2, 0) is 0 Å². The molecule has 0 rings (SSSR count). The van der Waals surface area contributed by atoms with Crippen LogP contribution in [-0.4, -0.2) is 36.6 Å². The fraction of sp³-hybridized carbons (Fsp3) is 1.00. The van der Waals surface area contributed by atoms with E-state index in [1.54, 1.807) is 0 Å². The molecule has 2 nitrogen and oxygen atoms in total. The van der Waals surface area contributed by atoms with E-state index in [0.29, 0.717) is 18.1 Å². The summed E-state index contributed by atoms with van der Waals surface area (Å²) in [5.41, 5.74) is 0. The zero-order valence-electron chi connectivity index (χ0n) is 10.8. The summed E-state index contributed by atoms with van der Waals surface area (Å²) in [4.78, 5) is 2.44. The molecule has 0 fully saturated rings. The molecule has 0 spiro atoms. The summed E-state index contributed by atoms with van der Waals surface area (Å²) in [5.74, 6) is 0. The van der Waals surface area contributed by atoms with Gasteiger partial charge in [0.25, 0.3) is 0 Å². The van der Waals surface area contributed by atoms with Crippen molar-refractivity contribution in [1.29, 1.82) is 0 Å². The van der Waals surface area contributed by atoms with E-state index in [9.17, 15) is 0 Å². The molecule has 0 bridgehead atoms. The molecule has 0 heterocycles. The highest BCUT2D eigenvalue weighted by Crippen LogP contribution is 2.07. The molecule has 2 heteroatoms. The summed E-state index contributed by atoms with van der Waals surface area (Å²) in [6.45, 7) is 12.4. The minimum absolute atomic E-state index is 0.619. The van der Waals surface area contributed by atoms with E-state index in [1.165, 1.54) is 12.8 Å². The SMILES string of the molecule is CC(C)NCCCC(C)N(C)C(C)C. The fourth-order valence-corrected chi connectivity index (χ4v) is 1.50. The first-order valence-electron chi connectivity index (χ1n) is 5.90. The van der Waals surface area contributed by atoms with Crippen molar-refractivity contribution in [2.75, 3.05) is 13.6 Å². The smallest absolute Gasteiger partial charge is 0.00670 e. The van der Waals surface area contributed by atoms with Gasteiger partial charge in [0, 0.05) is 18.1 Å². The number of nitrogens with one attached hydrogen (secondary N) is 1. The Bertz CT molecular complexity index is 132. The van der Waals surface area contributed by atoms with Crippen LogP contribution in [0.5, 0.6) is 0 Å². The van der Waals surface area contributed by atoms with E-state index in [-0.39, 0.29) is 0 Å². The zero-order chi connectivity index (χ0) is 11.1. The lowest BCUT2D eigenvalue weighted by molar-refractivity contribution is 0.196. The second-order valence-corrected chi connectivity index (χ2v) is 4.86. The van der Waals surface area contributed by atoms with Gasteiger partial charge in [0.2, 0.25) is 0 Å². The topological polar surface area (TPSA) is 15.3 Å². The van der Waals surface area contributed by atoms with E-state index < -0.39 is 0 Å². The molecule has 0 aromatic rings. The lowest BCUT2D eigenvalue weighted by Crippen LogP contribution is -2.35. The Balaban J connectivity index is 3.48. The lowest BCUT2D eigenvalue weighted by Gasteiger charge is -2.28. The Labute approximate surface area is 90.1 Å². The Morgan fingerprint density at radius 2 is 1.64 bits per heavy atom. The quantitative estimate of drug-likeness (QED) is 0.635. The highest BCUT2D eigenvalue weighted by molar-refractivity contribution is 4.67. The molecule has 0 radical (unpaired) electrons. The van der Waals surface area contributed by atoms with Gasteiger partial charge in [-0.15, -0.1) is 0 Å². The Kier molecular flexibility index (Phi) is 7.20. The van der Waals surface area contributed by atoms with Crippen molar-refractivity contribution >= 4 is 0 Å². The first-order chi connectivity index (χ1) is 6.45. The summed E-state index contributed by atoms with van der Waals surface area (Å²) in [5, 5.41) is 3.45. The maximum absolute atomic E-state index is 3.45. The van der Waals surface area contributed by atoms with Crippen molar-refractivity contribution < 1.29 is 0 Å². The van der Waals surface area contributed by atoms with Gasteiger partial charge in [0.05, 0.1) is 0 Å². The average Bonchev–Trinajstić information content (AvgIpc) is 2.10. The van der Waals surface area contributed by atoms with Crippen LogP contribution in [0.3, 0.4) is 0 Å². The number of nitrogens with zero attached hydrogens (tertiary/aromatic N) is 1. The highest BCUT2D eigenvalue weighted by Gasteiger charge is 2.11. The Morgan fingerprint density at radius 1 is 1.07 bits per heavy atom. The predicted molar refractivity (Wildman–Crippen MR) is 64.7 cm³/mol. The van der Waals surface area contributed by atoms with Crippen LogP contribution in [0.4, 0.5) is 0 Å². The third-order valence-corrected chi connectivity index (χ3v) is 2.86. The molecule has 0 aliphatic carbocycles. The molecule has 0 saturated carbocycles. The van der Waals surface area contributed by atoms with Crippen LogP contribution < -0.4 is 5.32 Å². The molecular weight excluding hydrogens is 172 g/mol. The molecular formula is C12H28N2. The molecule has 1 N–H and O–H groups in total. The van der Waals surface area contributed by atoms with Gasteiger partial charge in [-0.2, -0.15) is 0 Å². The Hall–Kier alpha value is -0.0800. The normalized spacial score (nSPS) is 14.4. The number of hydrogen-bond donors (Lipinski definition) is 1. The van der Waals surface area contributed by atoms with Gasteiger partial charge in [-0.1, -0.05) is 13.8 Å². The van der Waals surface area contributed by atoms with Gasteiger partial charge in [0.15, 0.2) is 0 Å². The summed E-state index contributed by atoms with van der Waals surface area (Å²) in [6, 6.07) is 1.97. The Morgan fingerprint density at radius 3 is 2.07 bits per heavy atom. The van der Waals surface area contributed by atoms with Crippen molar-refractivity contribution in [3.8, 4) is 0 Å². The molecule has 0 aromatic heterocycles. The van der Waals surface area contributed by atoms with Crippen molar-refractivity contribution in [3.05, 3.63) is 0 Å². The van der Waals surface area contributed by atoms with Crippen LogP contribution >= 0.6 is 0 Å². The highest BCUT2D eigenvalue weighted by atomic mass is 15.1. The van der Waals surface area contributed by atoms with Crippen molar-refractivity contribution in [1.82, 2.24) is 10.2 Å².